The standard InChI is InChI=1S/C30H36F2N4O6/c1-30(2,3)42-29(38)35-10-5-6-18(16-35)17-40-21-9-11-36-22(15-33-25(36)14-21)19-12-23(39-4)26(24(13-19)41-28(31)32)27(37)34-20-7-8-20/h9,11-15,18,20,28H,5-8,10,16-17H2,1-4H3,(H,34,37)/t18-/m1/s1. The number of pyridine rings is 1. The van der Waals surface area contributed by atoms with E-state index in [2.05, 4.69) is 10.3 Å². The number of halogens is 2. The molecule has 2 amide bonds. The second kappa shape index (κ2) is 12.0. The highest BCUT2D eigenvalue weighted by Gasteiger charge is 2.30. The molecule has 1 aliphatic carbocycles. The molecule has 0 bridgehead atoms. The van der Waals surface area contributed by atoms with Crippen molar-refractivity contribution >= 4 is 17.6 Å². The van der Waals surface area contributed by atoms with Gasteiger partial charge in [0, 0.05) is 42.9 Å². The summed E-state index contributed by atoms with van der Waals surface area (Å²) < 4.78 is 50.2. The van der Waals surface area contributed by atoms with Crippen LogP contribution in [0.15, 0.2) is 36.7 Å². The Balaban J connectivity index is 1.32. The number of amides is 2. The zero-order valence-corrected chi connectivity index (χ0v) is 24.2. The van der Waals surface area contributed by atoms with Crippen molar-refractivity contribution in [2.24, 2.45) is 5.92 Å². The highest BCUT2D eigenvalue weighted by Crippen LogP contribution is 2.37. The third-order valence-corrected chi connectivity index (χ3v) is 7.08. The van der Waals surface area contributed by atoms with Gasteiger partial charge in [-0.2, -0.15) is 8.78 Å². The molecule has 5 rings (SSSR count). The number of alkyl halides is 2. The summed E-state index contributed by atoms with van der Waals surface area (Å²) in [4.78, 5) is 31.5. The number of fused-ring (bicyclic) bond motifs is 1. The monoisotopic (exact) mass is 586 g/mol. The van der Waals surface area contributed by atoms with Crippen molar-refractivity contribution in [2.75, 3.05) is 26.8 Å². The van der Waals surface area contributed by atoms with Crippen LogP contribution in [-0.2, 0) is 4.74 Å². The van der Waals surface area contributed by atoms with Gasteiger partial charge in [0.1, 0.15) is 34.1 Å². The number of benzene rings is 1. The van der Waals surface area contributed by atoms with Gasteiger partial charge < -0.3 is 29.2 Å². The number of nitrogens with one attached hydrogen (secondary N) is 1. The lowest BCUT2D eigenvalue weighted by atomic mass is 9.99. The van der Waals surface area contributed by atoms with Gasteiger partial charge in [0.15, 0.2) is 0 Å². The summed E-state index contributed by atoms with van der Waals surface area (Å²) in [6, 6.07) is 6.59. The Labute approximate surface area is 242 Å². The number of ether oxygens (including phenoxy) is 4. The Morgan fingerprint density at radius 3 is 2.60 bits per heavy atom. The molecule has 1 saturated carbocycles. The van der Waals surface area contributed by atoms with E-state index in [4.69, 9.17) is 18.9 Å². The van der Waals surface area contributed by atoms with Gasteiger partial charge in [-0.15, -0.1) is 0 Å². The molecule has 0 radical (unpaired) electrons. The second-order valence-corrected chi connectivity index (χ2v) is 11.7. The molecule has 42 heavy (non-hydrogen) atoms. The Morgan fingerprint density at radius 1 is 1.14 bits per heavy atom. The van der Waals surface area contributed by atoms with Gasteiger partial charge in [0.2, 0.25) is 0 Å². The number of carbonyl (C=O) groups excluding carboxylic acids is 2. The molecule has 1 saturated heterocycles. The van der Waals surface area contributed by atoms with Crippen LogP contribution in [0.3, 0.4) is 0 Å². The molecule has 0 spiro atoms. The summed E-state index contributed by atoms with van der Waals surface area (Å²) >= 11 is 0. The van der Waals surface area contributed by atoms with Gasteiger partial charge in [-0.25, -0.2) is 9.78 Å². The maximum Gasteiger partial charge on any atom is 0.410 e. The molecule has 3 aromatic rings. The SMILES string of the molecule is COc1cc(-c2cnc3cc(OC[C@@H]4CCCN(C(=O)OC(C)(C)C)C4)ccn23)cc(OC(F)F)c1C(=O)NC1CC1. The van der Waals surface area contributed by atoms with Gasteiger partial charge >= 0.3 is 12.7 Å². The lowest BCUT2D eigenvalue weighted by molar-refractivity contribution is -0.0502. The van der Waals surface area contributed by atoms with Crippen LogP contribution in [0.2, 0.25) is 0 Å². The van der Waals surface area contributed by atoms with E-state index < -0.39 is 18.1 Å². The van der Waals surface area contributed by atoms with E-state index in [0.29, 0.717) is 42.4 Å². The Kier molecular flexibility index (Phi) is 8.42. The molecule has 12 heteroatoms. The quantitative estimate of drug-likeness (QED) is 0.352. The zero-order chi connectivity index (χ0) is 30.0. The van der Waals surface area contributed by atoms with Crippen LogP contribution >= 0.6 is 0 Å². The number of aromatic nitrogens is 2. The number of piperidine rings is 1. The number of likely N-dealkylation sites (tertiary alicyclic amines) is 1. The third kappa shape index (κ3) is 7.03. The number of hydrogen-bond acceptors (Lipinski definition) is 7. The fourth-order valence-electron chi connectivity index (χ4n) is 4.97. The molecule has 3 heterocycles. The van der Waals surface area contributed by atoms with Crippen LogP contribution in [0, 0.1) is 5.92 Å². The fourth-order valence-corrected chi connectivity index (χ4v) is 4.97. The molecule has 0 unspecified atom stereocenters. The van der Waals surface area contributed by atoms with Crippen LogP contribution in [-0.4, -0.2) is 71.3 Å². The van der Waals surface area contributed by atoms with E-state index in [1.165, 1.54) is 13.2 Å². The van der Waals surface area contributed by atoms with Crippen LogP contribution in [0.25, 0.3) is 16.9 Å². The highest BCUT2D eigenvalue weighted by atomic mass is 19.3. The van der Waals surface area contributed by atoms with E-state index in [1.54, 1.807) is 39.9 Å². The average Bonchev–Trinajstić information content (AvgIpc) is 3.65. The summed E-state index contributed by atoms with van der Waals surface area (Å²) in [6.45, 7) is 4.08. The molecule has 1 aliphatic heterocycles. The van der Waals surface area contributed by atoms with Crippen LogP contribution in [0.5, 0.6) is 17.2 Å². The topological polar surface area (TPSA) is 104 Å². The molecule has 1 atom stereocenters. The molecular weight excluding hydrogens is 550 g/mol. The van der Waals surface area contributed by atoms with Crippen LogP contribution in [0.1, 0.15) is 56.8 Å². The number of rotatable bonds is 9. The first-order valence-electron chi connectivity index (χ1n) is 14.1. The van der Waals surface area contributed by atoms with Gasteiger partial charge in [-0.05, 0) is 64.7 Å². The first-order chi connectivity index (χ1) is 20.0. The zero-order valence-electron chi connectivity index (χ0n) is 24.2. The fraction of sp³-hybridized carbons (Fsp3) is 0.500. The first kappa shape index (κ1) is 29.4. The number of hydrogen-bond donors (Lipinski definition) is 1. The van der Waals surface area contributed by atoms with E-state index in [9.17, 15) is 18.4 Å². The van der Waals surface area contributed by atoms with E-state index in [1.807, 2.05) is 20.8 Å². The largest absolute Gasteiger partial charge is 0.496 e. The number of nitrogens with zero attached hydrogens (tertiary/aromatic N) is 3. The summed E-state index contributed by atoms with van der Waals surface area (Å²) in [5.74, 6) is 0.0858. The molecule has 2 aromatic heterocycles. The van der Waals surface area contributed by atoms with Gasteiger partial charge in [0.25, 0.3) is 5.91 Å². The molecule has 2 aliphatic rings. The van der Waals surface area contributed by atoms with Crippen molar-refractivity contribution in [3.8, 4) is 28.5 Å². The average molecular weight is 587 g/mol. The van der Waals surface area contributed by atoms with Crippen molar-refractivity contribution in [1.82, 2.24) is 19.6 Å². The van der Waals surface area contributed by atoms with Gasteiger partial charge in [-0.3, -0.25) is 9.20 Å². The van der Waals surface area contributed by atoms with E-state index in [0.717, 1.165) is 25.7 Å². The van der Waals surface area contributed by atoms with Crippen molar-refractivity contribution in [1.29, 1.82) is 0 Å². The van der Waals surface area contributed by atoms with Crippen molar-refractivity contribution in [3.05, 3.63) is 42.2 Å². The summed E-state index contributed by atoms with van der Waals surface area (Å²) in [6.07, 6.45) is 6.56. The lowest BCUT2D eigenvalue weighted by Crippen LogP contribution is -2.44. The summed E-state index contributed by atoms with van der Waals surface area (Å²) in [5.41, 5.74) is 1.02. The third-order valence-electron chi connectivity index (χ3n) is 7.08. The normalized spacial score (nSPS) is 17.3. The number of carbonyl (C=O) groups is 2. The maximum atomic E-state index is 13.3. The Morgan fingerprint density at radius 2 is 1.90 bits per heavy atom. The summed E-state index contributed by atoms with van der Waals surface area (Å²) in [7, 11) is 1.37. The molecular formula is C30H36F2N4O6. The predicted molar refractivity (Wildman–Crippen MR) is 150 cm³/mol. The molecule has 10 nitrogen and oxygen atoms in total. The minimum atomic E-state index is -3.13. The van der Waals surface area contributed by atoms with Crippen molar-refractivity contribution < 1.29 is 37.3 Å². The van der Waals surface area contributed by atoms with Crippen LogP contribution in [0.4, 0.5) is 13.6 Å². The smallest absolute Gasteiger partial charge is 0.410 e. The number of imidazole rings is 1. The minimum Gasteiger partial charge on any atom is -0.496 e. The molecule has 1 aromatic carbocycles. The molecule has 1 N–H and O–H groups in total. The van der Waals surface area contributed by atoms with Gasteiger partial charge in [0.05, 0.1) is 25.6 Å². The van der Waals surface area contributed by atoms with E-state index >= 15 is 0 Å². The summed E-state index contributed by atoms with van der Waals surface area (Å²) in [5, 5.41) is 2.80. The lowest BCUT2D eigenvalue weighted by Gasteiger charge is -2.34. The van der Waals surface area contributed by atoms with Crippen molar-refractivity contribution in [2.45, 2.75) is 64.7 Å². The Bertz CT molecular complexity index is 1450. The van der Waals surface area contributed by atoms with Gasteiger partial charge in [-0.1, -0.05) is 0 Å². The van der Waals surface area contributed by atoms with Crippen molar-refractivity contribution in [3.63, 3.8) is 0 Å². The van der Waals surface area contributed by atoms with Crippen LogP contribution < -0.4 is 19.5 Å². The predicted octanol–water partition coefficient (Wildman–Crippen LogP) is 5.53. The maximum absolute atomic E-state index is 13.3. The highest BCUT2D eigenvalue weighted by molar-refractivity contribution is 6.01. The van der Waals surface area contributed by atoms with E-state index in [-0.39, 0.29) is 35.1 Å². The second-order valence-electron chi connectivity index (χ2n) is 11.7. The number of methoxy groups -OCH3 is 1. The first-order valence-corrected chi connectivity index (χ1v) is 14.1. The minimum absolute atomic E-state index is 0.0264. The molecule has 2 fully saturated rings. The molecule has 226 valence electrons. The Hall–Kier alpha value is -4.09.